The molecule has 2 aromatic carbocycles. The summed E-state index contributed by atoms with van der Waals surface area (Å²) in [6.07, 6.45) is 13.8. The van der Waals surface area contributed by atoms with Crippen molar-refractivity contribution in [2.45, 2.75) is 108 Å². The van der Waals surface area contributed by atoms with Crippen LogP contribution >= 0.6 is 0 Å². The fourth-order valence-electron chi connectivity index (χ4n) is 11.5. The van der Waals surface area contributed by atoms with Gasteiger partial charge in [0.2, 0.25) is 5.69 Å². The van der Waals surface area contributed by atoms with Gasteiger partial charge in [0.1, 0.15) is 28.2 Å². The summed E-state index contributed by atoms with van der Waals surface area (Å²) >= 11 is 0. The van der Waals surface area contributed by atoms with Gasteiger partial charge >= 0.3 is 5.97 Å². The molecule has 4 aliphatic rings. The van der Waals surface area contributed by atoms with E-state index in [-0.39, 0.29) is 71.2 Å². The second-order valence-corrected chi connectivity index (χ2v) is 29.3. The average Bonchev–Trinajstić information content (AvgIpc) is 1.73. The van der Waals surface area contributed by atoms with E-state index in [1.165, 1.54) is 12.1 Å². The van der Waals surface area contributed by atoms with Crippen LogP contribution in [0.4, 0.5) is 11.4 Å². The van der Waals surface area contributed by atoms with Crippen LogP contribution in [0.1, 0.15) is 109 Å². The number of ether oxygens (including phenoxy) is 11. The molecule has 2 aromatic rings. The largest absolute Gasteiger partial charge is 0.744 e. The number of amides is 2. The number of nitrogens with zero attached hydrogens (tertiary/aromatic N) is 3. The monoisotopic (exact) mass is 1420 g/mol. The van der Waals surface area contributed by atoms with Gasteiger partial charge in [-0.15, -0.1) is 5.06 Å². The highest BCUT2D eigenvalue weighted by atomic mass is 32.2. The van der Waals surface area contributed by atoms with Crippen molar-refractivity contribution in [3.8, 4) is 5.75 Å². The molecule has 1 atom stereocenters. The standard InChI is InChI=1S/C67H97N3O24S3/c1-51-50-67(22-26-85-32-34-89-40-42-91-38-36-87-30-28-83-6,23-27-86-33-35-90-41-43-92-39-37-88-31-29-84-7)69(25-13-45-96(77,78)79)58-49-59-55(48-54(51)58)52(46-61(93-59)65(2,3)4)14-9-8-10-15-60-66(5,21-11-16-64(73)94-70-62(71)19-20-63(70)72)56-47-53(97(80,81)82)17-18-57(56)68(60)24-12-44-95(74,75)76/h8-10,14-15,17-18,46-50H,11-13,16,19-45H2,1-7H3,(H2-,74,75,76,77,78,79,80,81,82). The highest BCUT2D eigenvalue weighted by Crippen LogP contribution is 2.50. The molecule has 2 amide bonds. The topological polar surface area (TPSA) is 337 Å². The van der Waals surface area contributed by atoms with Gasteiger partial charge in [0.25, 0.3) is 32.1 Å². The Kier molecular flexibility index (Phi) is 32.1. The van der Waals surface area contributed by atoms with Crippen LogP contribution in [0.3, 0.4) is 0 Å². The smallest absolute Gasteiger partial charge is 0.333 e. The van der Waals surface area contributed by atoms with Crippen molar-refractivity contribution in [2.75, 3.05) is 163 Å². The first-order valence-electron chi connectivity index (χ1n) is 32.5. The maximum Gasteiger partial charge on any atom is 0.333 e. The van der Waals surface area contributed by atoms with Crippen LogP contribution in [0.15, 0.2) is 83.5 Å². The maximum absolute atomic E-state index is 13.0. The van der Waals surface area contributed by atoms with Gasteiger partial charge in [-0.1, -0.05) is 51.2 Å². The summed E-state index contributed by atoms with van der Waals surface area (Å²) in [5.74, 6) is -2.07. The fourth-order valence-corrected chi connectivity index (χ4v) is 13.0. The molecule has 4 aliphatic heterocycles. The number of methoxy groups -OCH3 is 2. The van der Waals surface area contributed by atoms with Crippen molar-refractivity contribution in [2.24, 2.45) is 5.41 Å². The highest BCUT2D eigenvalue weighted by molar-refractivity contribution is 7.86. The van der Waals surface area contributed by atoms with Gasteiger partial charge in [-0.05, 0) is 81.4 Å². The van der Waals surface area contributed by atoms with Crippen LogP contribution < -0.4 is 9.64 Å². The van der Waals surface area contributed by atoms with Crippen molar-refractivity contribution < 1.29 is 115 Å². The molecule has 0 bridgehead atoms. The number of imide groups is 1. The summed E-state index contributed by atoms with van der Waals surface area (Å²) in [4.78, 5) is 44.3. The maximum atomic E-state index is 13.0. The molecule has 1 fully saturated rings. The highest BCUT2D eigenvalue weighted by Gasteiger charge is 2.48. The van der Waals surface area contributed by atoms with E-state index in [2.05, 4.69) is 11.0 Å². The SMILES string of the molecule is COCCOCCOCCOCCOCCC1(CCOCCOCCOCCOCCOC)C=C(C)c2cc3c(cc2N1CCCS(=O)(=O)O)OC(C(C)(C)C)=CC3=CC=CC=CC1=[N+](CCCS(=O)(=O)O)c2ccc(S(=O)(=O)[O-])cc2C1(C)CCCC(=O)ON1C(=O)CCC1=O. The van der Waals surface area contributed by atoms with Gasteiger partial charge in [0.05, 0.1) is 133 Å². The number of carbonyl (C=O) groups excluding carboxylic acids is 3. The number of rotatable bonds is 47. The number of carbonyl (C=O) groups is 3. The van der Waals surface area contributed by atoms with Crippen molar-refractivity contribution in [3.63, 3.8) is 0 Å². The van der Waals surface area contributed by atoms with E-state index in [0.717, 1.165) is 34.0 Å². The number of anilines is 1. The predicted molar refractivity (Wildman–Crippen MR) is 359 cm³/mol. The minimum atomic E-state index is -4.97. The van der Waals surface area contributed by atoms with Crippen molar-refractivity contribution in [1.29, 1.82) is 0 Å². The number of benzene rings is 2. The molecule has 0 saturated carbocycles. The molecule has 2 N–H and O–H groups in total. The second-order valence-electron chi connectivity index (χ2n) is 24.7. The van der Waals surface area contributed by atoms with Crippen molar-refractivity contribution >= 4 is 76.4 Å². The molecule has 30 heteroatoms. The first-order valence-corrected chi connectivity index (χ1v) is 37.2. The lowest BCUT2D eigenvalue weighted by molar-refractivity contribution is -0.437. The van der Waals surface area contributed by atoms with Crippen molar-refractivity contribution in [1.82, 2.24) is 5.06 Å². The molecule has 0 aromatic heterocycles. The molecular formula is C67H97N3O24S3. The van der Waals surface area contributed by atoms with Crippen LogP contribution in [0.2, 0.25) is 0 Å². The zero-order chi connectivity index (χ0) is 70.7. The average molecular weight is 1420 g/mol. The lowest BCUT2D eigenvalue weighted by atomic mass is 9.75. The summed E-state index contributed by atoms with van der Waals surface area (Å²) in [6, 6.07) is 7.88. The molecule has 0 aliphatic carbocycles. The molecular weight excluding hydrogens is 1330 g/mol. The van der Waals surface area contributed by atoms with E-state index in [0.29, 0.717) is 152 Å². The van der Waals surface area contributed by atoms with Crippen LogP contribution in [-0.4, -0.2) is 235 Å². The normalized spacial score (nSPS) is 17.8. The quantitative estimate of drug-likeness (QED) is 0.0222. The summed E-state index contributed by atoms with van der Waals surface area (Å²) in [7, 11) is -10.5. The lowest BCUT2D eigenvalue weighted by Gasteiger charge is -2.48. The van der Waals surface area contributed by atoms with E-state index in [4.69, 9.17) is 56.9 Å². The van der Waals surface area contributed by atoms with Crippen LogP contribution in [-0.2, 0) is 102 Å². The third-order valence-corrected chi connectivity index (χ3v) is 18.9. The number of fused-ring (bicyclic) bond motifs is 3. The first kappa shape index (κ1) is 80.3. The number of hydrogen-bond acceptors (Lipinski definition) is 23. The second kappa shape index (κ2) is 38.8. The van der Waals surface area contributed by atoms with Crippen LogP contribution in [0.25, 0.3) is 11.1 Å². The first-order chi connectivity index (χ1) is 46.1. The third kappa shape index (κ3) is 25.5. The summed E-state index contributed by atoms with van der Waals surface area (Å²) < 4.78 is 171. The van der Waals surface area contributed by atoms with Crippen LogP contribution in [0, 0.1) is 5.41 Å². The Morgan fingerprint density at radius 3 is 1.69 bits per heavy atom. The number of hydrogen-bond donors (Lipinski definition) is 2. The Hall–Kier alpha value is -5.65. The molecule has 0 spiro atoms. The van der Waals surface area contributed by atoms with Gasteiger partial charge in [0.15, 0.2) is 5.71 Å². The molecule has 27 nitrogen and oxygen atoms in total. The molecule has 97 heavy (non-hydrogen) atoms. The van der Waals surface area contributed by atoms with E-state index in [9.17, 15) is 53.3 Å². The number of allylic oxidation sites excluding steroid dienone is 9. The molecule has 542 valence electrons. The Balaban J connectivity index is 1.30. The fraction of sp³-hybridized carbons (Fsp3) is 0.612. The molecule has 4 heterocycles. The van der Waals surface area contributed by atoms with E-state index >= 15 is 0 Å². The molecule has 1 saturated heterocycles. The van der Waals surface area contributed by atoms with Crippen molar-refractivity contribution in [3.05, 3.63) is 95.3 Å². The Morgan fingerprint density at radius 2 is 1.19 bits per heavy atom. The Morgan fingerprint density at radius 1 is 0.670 bits per heavy atom. The Labute approximate surface area is 570 Å². The Bertz CT molecular complexity index is 3460. The lowest BCUT2D eigenvalue weighted by Crippen LogP contribution is -2.52. The summed E-state index contributed by atoms with van der Waals surface area (Å²) in [6.45, 7) is 17.0. The molecule has 0 radical (unpaired) electrons. The minimum Gasteiger partial charge on any atom is -0.744 e. The molecule has 1 unspecified atom stereocenters. The van der Waals surface area contributed by atoms with Crippen LogP contribution in [0.5, 0.6) is 5.75 Å². The van der Waals surface area contributed by atoms with E-state index < -0.39 is 80.9 Å². The zero-order valence-electron chi connectivity index (χ0n) is 56.8. The summed E-state index contributed by atoms with van der Waals surface area (Å²) in [5.41, 5.74) is 2.97. The predicted octanol–water partition coefficient (Wildman–Crippen LogP) is 6.97. The number of hydroxylamine groups is 2. The van der Waals surface area contributed by atoms with Gasteiger partial charge in [0, 0.05) is 106 Å². The third-order valence-electron chi connectivity index (χ3n) is 16.4. The van der Waals surface area contributed by atoms with Gasteiger partial charge < -0.3 is 66.4 Å². The minimum absolute atomic E-state index is 0.0251. The summed E-state index contributed by atoms with van der Waals surface area (Å²) in [5, 5.41) is 0.452. The zero-order valence-corrected chi connectivity index (χ0v) is 59.2. The van der Waals surface area contributed by atoms with E-state index in [1.807, 2.05) is 58.1 Å². The van der Waals surface area contributed by atoms with Gasteiger partial charge in [-0.25, -0.2) is 13.2 Å². The van der Waals surface area contributed by atoms with E-state index in [1.54, 1.807) is 43.9 Å². The molecule has 6 rings (SSSR count). The van der Waals surface area contributed by atoms with Gasteiger partial charge in [-0.2, -0.15) is 21.4 Å². The van der Waals surface area contributed by atoms with Gasteiger partial charge in [-0.3, -0.25) is 18.7 Å².